The summed E-state index contributed by atoms with van der Waals surface area (Å²) >= 11 is 11.3. The van der Waals surface area contributed by atoms with E-state index in [4.69, 9.17) is 23.2 Å². The minimum atomic E-state index is -4.64. The molecule has 94 valence electrons. The van der Waals surface area contributed by atoms with Gasteiger partial charge in [-0.25, -0.2) is 9.97 Å². The second-order valence-electron chi connectivity index (χ2n) is 3.41. The fraction of sp³-hybridized carbons (Fsp3) is 0.0909. The van der Waals surface area contributed by atoms with Crippen LogP contribution in [-0.2, 0) is 6.18 Å². The normalized spacial score (nSPS) is 11.6. The molecule has 0 aliphatic carbocycles. The van der Waals surface area contributed by atoms with E-state index < -0.39 is 12.0 Å². The number of hydrogen-bond donors (Lipinski definition) is 0. The first-order valence-corrected chi connectivity index (χ1v) is 5.49. The highest BCUT2D eigenvalue weighted by atomic mass is 35.5. The molecule has 1 aromatic heterocycles. The maximum Gasteiger partial charge on any atom is 0.451 e. The second-order valence-corrected chi connectivity index (χ2v) is 4.23. The molecule has 2 rings (SSSR count). The van der Waals surface area contributed by atoms with Gasteiger partial charge in [-0.3, -0.25) is 0 Å². The molecule has 0 unspecified atom stereocenters. The average Bonchev–Trinajstić information content (AvgIpc) is 2.27. The van der Waals surface area contributed by atoms with E-state index in [1.54, 1.807) is 18.2 Å². The zero-order valence-electron chi connectivity index (χ0n) is 8.67. The Bertz CT molecular complexity index is 585. The highest BCUT2D eigenvalue weighted by molar-refractivity contribution is 6.31. The molecular weight excluding hydrogens is 288 g/mol. The van der Waals surface area contributed by atoms with Crippen LogP contribution in [0.5, 0.6) is 0 Å². The Morgan fingerprint density at radius 3 is 2.33 bits per heavy atom. The molecule has 0 amide bonds. The molecule has 0 aliphatic rings. The van der Waals surface area contributed by atoms with Crippen LogP contribution in [0.4, 0.5) is 13.2 Å². The summed E-state index contributed by atoms with van der Waals surface area (Å²) < 4.78 is 37.6. The average molecular weight is 293 g/mol. The van der Waals surface area contributed by atoms with E-state index in [0.717, 1.165) is 0 Å². The fourth-order valence-electron chi connectivity index (χ4n) is 1.34. The largest absolute Gasteiger partial charge is 0.451 e. The molecule has 2 nitrogen and oxygen atoms in total. The number of hydrogen-bond acceptors (Lipinski definition) is 2. The molecule has 1 heterocycles. The van der Waals surface area contributed by atoms with E-state index >= 15 is 0 Å². The predicted molar refractivity (Wildman–Crippen MR) is 62.5 cm³/mol. The van der Waals surface area contributed by atoms with E-state index in [0.29, 0.717) is 10.6 Å². The van der Waals surface area contributed by atoms with Gasteiger partial charge in [0, 0.05) is 16.7 Å². The number of halogens is 5. The van der Waals surface area contributed by atoms with Crippen LogP contribution in [0.25, 0.3) is 11.3 Å². The van der Waals surface area contributed by atoms with Gasteiger partial charge in [0.1, 0.15) is 5.15 Å². The third-order valence-corrected chi connectivity index (χ3v) is 2.50. The molecule has 0 spiro atoms. The van der Waals surface area contributed by atoms with Gasteiger partial charge in [0.05, 0.1) is 5.69 Å². The van der Waals surface area contributed by atoms with E-state index in [2.05, 4.69) is 9.97 Å². The molecule has 1 aromatic carbocycles. The van der Waals surface area contributed by atoms with E-state index in [9.17, 15) is 13.2 Å². The molecule has 0 radical (unpaired) electrons. The molecule has 0 aliphatic heterocycles. The molecule has 18 heavy (non-hydrogen) atoms. The van der Waals surface area contributed by atoms with Gasteiger partial charge in [-0.2, -0.15) is 13.2 Å². The van der Waals surface area contributed by atoms with Crippen molar-refractivity contribution in [1.29, 1.82) is 0 Å². The third kappa shape index (κ3) is 2.91. The van der Waals surface area contributed by atoms with E-state index in [1.165, 1.54) is 12.1 Å². The lowest BCUT2D eigenvalue weighted by molar-refractivity contribution is -0.144. The number of aromatic nitrogens is 2. The first kappa shape index (κ1) is 13.1. The van der Waals surface area contributed by atoms with Gasteiger partial charge in [0.15, 0.2) is 0 Å². The van der Waals surface area contributed by atoms with Crippen molar-refractivity contribution in [2.24, 2.45) is 0 Å². The minimum Gasteiger partial charge on any atom is -0.224 e. The summed E-state index contributed by atoms with van der Waals surface area (Å²) in [6, 6.07) is 7.56. The van der Waals surface area contributed by atoms with Crippen LogP contribution in [-0.4, -0.2) is 9.97 Å². The van der Waals surface area contributed by atoms with Crippen molar-refractivity contribution in [3.8, 4) is 11.3 Å². The number of rotatable bonds is 1. The molecular formula is C11H5Cl2F3N2. The van der Waals surface area contributed by atoms with Crippen molar-refractivity contribution in [2.75, 3.05) is 0 Å². The van der Waals surface area contributed by atoms with E-state index in [1.807, 2.05) is 0 Å². The monoisotopic (exact) mass is 292 g/mol. The van der Waals surface area contributed by atoms with Crippen LogP contribution in [0.15, 0.2) is 30.3 Å². The molecule has 0 fully saturated rings. The summed E-state index contributed by atoms with van der Waals surface area (Å²) in [4.78, 5) is 6.59. The summed E-state index contributed by atoms with van der Waals surface area (Å²) in [5.74, 6) is -1.27. The maximum absolute atomic E-state index is 12.5. The Hall–Kier alpha value is -1.33. The van der Waals surface area contributed by atoms with Crippen molar-refractivity contribution in [2.45, 2.75) is 6.18 Å². The van der Waals surface area contributed by atoms with Crippen molar-refractivity contribution in [3.05, 3.63) is 46.3 Å². The second kappa shape index (κ2) is 4.74. The smallest absolute Gasteiger partial charge is 0.224 e. The van der Waals surface area contributed by atoms with Crippen LogP contribution in [0, 0.1) is 0 Å². The minimum absolute atomic E-state index is 0.0739. The molecule has 0 atom stereocenters. The first-order chi connectivity index (χ1) is 8.36. The first-order valence-electron chi connectivity index (χ1n) is 4.74. The standard InChI is InChI=1S/C11H5Cl2F3N2/c12-7-3-1-2-6(4-7)8-5-9(13)18-10(17-8)11(14,15)16/h1-5H. The number of benzene rings is 1. The molecule has 0 saturated heterocycles. The molecule has 0 bridgehead atoms. The van der Waals surface area contributed by atoms with Gasteiger partial charge < -0.3 is 0 Å². The summed E-state index contributed by atoms with van der Waals surface area (Å²) in [5, 5.41) is 0.128. The molecule has 0 saturated carbocycles. The molecule has 7 heteroatoms. The Kier molecular flexibility index (Phi) is 3.45. The van der Waals surface area contributed by atoms with Crippen molar-refractivity contribution in [3.63, 3.8) is 0 Å². The SMILES string of the molecule is FC(F)(F)c1nc(Cl)cc(-c2cccc(Cl)c2)n1. The summed E-state index contributed by atoms with van der Waals surface area (Å²) in [6.45, 7) is 0. The summed E-state index contributed by atoms with van der Waals surface area (Å²) in [6.07, 6.45) is -4.64. The lowest BCUT2D eigenvalue weighted by Crippen LogP contribution is -2.11. The highest BCUT2D eigenvalue weighted by Crippen LogP contribution is 2.30. The quantitative estimate of drug-likeness (QED) is 0.725. The Labute approximate surface area is 110 Å². The summed E-state index contributed by atoms with van der Waals surface area (Å²) in [7, 11) is 0. The fourth-order valence-corrected chi connectivity index (χ4v) is 1.71. The zero-order valence-corrected chi connectivity index (χ0v) is 10.2. The predicted octanol–water partition coefficient (Wildman–Crippen LogP) is 4.47. The maximum atomic E-state index is 12.5. The zero-order chi connectivity index (χ0) is 13.3. The van der Waals surface area contributed by atoms with Crippen LogP contribution in [0.3, 0.4) is 0 Å². The Balaban J connectivity index is 2.55. The van der Waals surface area contributed by atoms with Crippen LogP contribution >= 0.6 is 23.2 Å². The lowest BCUT2D eigenvalue weighted by atomic mass is 10.1. The van der Waals surface area contributed by atoms with Crippen LogP contribution in [0.1, 0.15) is 5.82 Å². The van der Waals surface area contributed by atoms with Gasteiger partial charge in [0.2, 0.25) is 5.82 Å². The Morgan fingerprint density at radius 2 is 1.72 bits per heavy atom. The van der Waals surface area contributed by atoms with Crippen molar-refractivity contribution >= 4 is 23.2 Å². The van der Waals surface area contributed by atoms with E-state index in [-0.39, 0.29) is 10.8 Å². The third-order valence-electron chi connectivity index (χ3n) is 2.07. The van der Waals surface area contributed by atoms with Crippen LogP contribution in [0.2, 0.25) is 10.2 Å². The Morgan fingerprint density at radius 1 is 1.00 bits per heavy atom. The number of alkyl halides is 3. The van der Waals surface area contributed by atoms with Crippen molar-refractivity contribution < 1.29 is 13.2 Å². The topological polar surface area (TPSA) is 25.8 Å². The molecule has 0 N–H and O–H groups in total. The van der Waals surface area contributed by atoms with Crippen molar-refractivity contribution in [1.82, 2.24) is 9.97 Å². The molecule has 2 aromatic rings. The lowest BCUT2D eigenvalue weighted by Gasteiger charge is -2.08. The van der Waals surface area contributed by atoms with Gasteiger partial charge in [-0.15, -0.1) is 0 Å². The number of nitrogens with zero attached hydrogens (tertiary/aromatic N) is 2. The van der Waals surface area contributed by atoms with Gasteiger partial charge in [-0.1, -0.05) is 35.3 Å². The van der Waals surface area contributed by atoms with Gasteiger partial charge in [-0.05, 0) is 12.1 Å². The van der Waals surface area contributed by atoms with Gasteiger partial charge in [0.25, 0.3) is 0 Å². The van der Waals surface area contributed by atoms with Crippen LogP contribution < -0.4 is 0 Å². The van der Waals surface area contributed by atoms with Gasteiger partial charge >= 0.3 is 6.18 Å². The highest BCUT2D eigenvalue weighted by Gasteiger charge is 2.35. The summed E-state index contributed by atoms with van der Waals surface area (Å²) in [5.41, 5.74) is 0.516.